The number of rotatable bonds is 3. The van der Waals surface area contributed by atoms with Crippen LogP contribution in [0.15, 0.2) is 23.2 Å². The first kappa shape index (κ1) is 13.5. The van der Waals surface area contributed by atoms with E-state index < -0.39 is 0 Å². The molecule has 3 nitrogen and oxygen atoms in total. The van der Waals surface area contributed by atoms with Crippen LogP contribution in [0.2, 0.25) is 5.02 Å². The second kappa shape index (κ2) is 6.30. The fourth-order valence-corrected chi connectivity index (χ4v) is 2.51. The fourth-order valence-electron chi connectivity index (χ4n) is 2.15. The highest BCUT2D eigenvalue weighted by Gasteiger charge is 2.13. The van der Waals surface area contributed by atoms with Gasteiger partial charge in [-0.3, -0.25) is 0 Å². The van der Waals surface area contributed by atoms with Crippen LogP contribution in [0.1, 0.15) is 19.3 Å². The predicted molar refractivity (Wildman–Crippen MR) is 79.5 cm³/mol. The molecule has 5 heteroatoms. The van der Waals surface area contributed by atoms with Crippen molar-refractivity contribution < 1.29 is 0 Å². The zero-order chi connectivity index (χ0) is 13.0. The Morgan fingerprint density at radius 2 is 2.00 bits per heavy atom. The molecule has 1 fully saturated rings. The second-order valence-electron chi connectivity index (χ2n) is 4.42. The minimum Gasteiger partial charge on any atom is -0.386 e. The number of alkyl halides is 1. The largest absolute Gasteiger partial charge is 0.386 e. The van der Waals surface area contributed by atoms with E-state index in [-0.39, 0.29) is 5.88 Å². The van der Waals surface area contributed by atoms with E-state index in [1.165, 1.54) is 19.3 Å². The lowest BCUT2D eigenvalue weighted by Crippen LogP contribution is -2.29. The van der Waals surface area contributed by atoms with Crippen molar-refractivity contribution in [1.82, 2.24) is 0 Å². The number of piperidine rings is 1. The molecule has 0 aromatic heterocycles. The maximum absolute atomic E-state index is 6.30. The molecule has 1 aromatic rings. The van der Waals surface area contributed by atoms with Crippen LogP contribution >= 0.6 is 23.2 Å². The quantitative estimate of drug-likeness (QED) is 0.524. The maximum atomic E-state index is 6.30. The molecule has 1 aromatic carbocycles. The van der Waals surface area contributed by atoms with Crippen molar-refractivity contribution in [2.45, 2.75) is 19.3 Å². The van der Waals surface area contributed by atoms with Gasteiger partial charge in [0.05, 0.1) is 22.3 Å². The van der Waals surface area contributed by atoms with Gasteiger partial charge in [-0.05, 0) is 37.5 Å². The van der Waals surface area contributed by atoms with Gasteiger partial charge in [-0.1, -0.05) is 11.6 Å². The molecular weight excluding hydrogens is 269 g/mol. The third kappa shape index (κ3) is 3.30. The molecule has 0 atom stereocenters. The first-order valence-corrected chi connectivity index (χ1v) is 7.05. The first-order chi connectivity index (χ1) is 8.70. The van der Waals surface area contributed by atoms with Crippen LogP contribution in [-0.2, 0) is 0 Å². The molecule has 0 radical (unpaired) electrons. The van der Waals surface area contributed by atoms with E-state index >= 15 is 0 Å². The van der Waals surface area contributed by atoms with E-state index in [0.717, 1.165) is 29.5 Å². The van der Waals surface area contributed by atoms with Crippen molar-refractivity contribution in [2.24, 2.45) is 10.7 Å². The third-order valence-electron chi connectivity index (χ3n) is 3.04. The molecule has 0 unspecified atom stereocenters. The summed E-state index contributed by atoms with van der Waals surface area (Å²) in [4.78, 5) is 6.51. The Bertz CT molecular complexity index is 440. The van der Waals surface area contributed by atoms with Gasteiger partial charge in [0.15, 0.2) is 0 Å². The Kier molecular flexibility index (Phi) is 4.72. The van der Waals surface area contributed by atoms with Gasteiger partial charge in [-0.15, -0.1) is 11.6 Å². The van der Waals surface area contributed by atoms with Crippen molar-refractivity contribution in [2.75, 3.05) is 23.9 Å². The van der Waals surface area contributed by atoms with Gasteiger partial charge in [0, 0.05) is 13.1 Å². The van der Waals surface area contributed by atoms with Gasteiger partial charge in [-0.2, -0.15) is 0 Å². The average molecular weight is 286 g/mol. The third-order valence-corrected chi connectivity index (χ3v) is 3.61. The summed E-state index contributed by atoms with van der Waals surface area (Å²) in [7, 11) is 0. The molecular formula is C13H17Cl2N3. The lowest BCUT2D eigenvalue weighted by Gasteiger charge is -2.29. The predicted octanol–water partition coefficient (Wildman–Crippen LogP) is 3.56. The average Bonchev–Trinajstić information content (AvgIpc) is 2.40. The van der Waals surface area contributed by atoms with Crippen molar-refractivity contribution in [3.05, 3.63) is 23.2 Å². The number of halogens is 2. The number of benzene rings is 1. The summed E-state index contributed by atoms with van der Waals surface area (Å²) >= 11 is 11.9. The van der Waals surface area contributed by atoms with Gasteiger partial charge < -0.3 is 10.6 Å². The Morgan fingerprint density at radius 1 is 1.28 bits per heavy atom. The van der Waals surface area contributed by atoms with Crippen molar-refractivity contribution in [1.29, 1.82) is 0 Å². The Labute approximate surface area is 118 Å². The van der Waals surface area contributed by atoms with E-state index in [0.29, 0.717) is 5.84 Å². The summed E-state index contributed by atoms with van der Waals surface area (Å²) < 4.78 is 0. The van der Waals surface area contributed by atoms with E-state index in [9.17, 15) is 0 Å². The van der Waals surface area contributed by atoms with Gasteiger partial charge in [0.25, 0.3) is 0 Å². The van der Waals surface area contributed by atoms with Gasteiger partial charge in [-0.25, -0.2) is 4.99 Å². The zero-order valence-electron chi connectivity index (χ0n) is 10.2. The van der Waals surface area contributed by atoms with Crippen LogP contribution in [0.5, 0.6) is 0 Å². The summed E-state index contributed by atoms with van der Waals surface area (Å²) in [5, 5.41) is 0.723. The summed E-state index contributed by atoms with van der Waals surface area (Å²) in [5.41, 5.74) is 7.43. The fraction of sp³-hybridized carbons (Fsp3) is 0.462. The number of nitrogens with zero attached hydrogens (tertiary/aromatic N) is 2. The molecule has 98 valence electrons. The van der Waals surface area contributed by atoms with E-state index in [1.54, 1.807) is 0 Å². The molecule has 0 amide bonds. The van der Waals surface area contributed by atoms with Crippen LogP contribution < -0.4 is 10.6 Å². The van der Waals surface area contributed by atoms with Crippen LogP contribution in [0, 0.1) is 0 Å². The van der Waals surface area contributed by atoms with Gasteiger partial charge >= 0.3 is 0 Å². The molecule has 1 aliphatic rings. The maximum Gasteiger partial charge on any atom is 0.115 e. The molecule has 0 spiro atoms. The standard InChI is InChI=1S/C13H17Cl2N3/c14-9-13(16)17-10-4-5-12(11(15)8-10)18-6-2-1-3-7-18/h4-5,8H,1-3,6-7,9H2,(H2,16,17). The Morgan fingerprint density at radius 3 is 2.61 bits per heavy atom. The summed E-state index contributed by atoms with van der Waals surface area (Å²) in [6.07, 6.45) is 3.77. The van der Waals surface area contributed by atoms with E-state index in [4.69, 9.17) is 28.9 Å². The number of hydrogen-bond donors (Lipinski definition) is 1. The zero-order valence-corrected chi connectivity index (χ0v) is 11.7. The molecule has 0 bridgehead atoms. The molecule has 2 rings (SSSR count). The van der Waals surface area contributed by atoms with Crippen LogP contribution in [-0.4, -0.2) is 24.8 Å². The van der Waals surface area contributed by atoms with Crippen molar-refractivity contribution in [3.63, 3.8) is 0 Å². The Balaban J connectivity index is 2.19. The van der Waals surface area contributed by atoms with Crippen molar-refractivity contribution >= 4 is 40.4 Å². The van der Waals surface area contributed by atoms with Crippen LogP contribution in [0.3, 0.4) is 0 Å². The lowest BCUT2D eigenvalue weighted by molar-refractivity contribution is 0.578. The summed E-state index contributed by atoms with van der Waals surface area (Å²) in [5.74, 6) is 0.629. The van der Waals surface area contributed by atoms with Gasteiger partial charge in [0.2, 0.25) is 0 Å². The molecule has 1 aliphatic heterocycles. The second-order valence-corrected chi connectivity index (χ2v) is 5.09. The highest BCUT2D eigenvalue weighted by atomic mass is 35.5. The lowest BCUT2D eigenvalue weighted by atomic mass is 10.1. The first-order valence-electron chi connectivity index (χ1n) is 6.14. The minimum absolute atomic E-state index is 0.228. The molecule has 0 aliphatic carbocycles. The van der Waals surface area contributed by atoms with Crippen molar-refractivity contribution in [3.8, 4) is 0 Å². The molecule has 2 N–H and O–H groups in total. The van der Waals surface area contributed by atoms with Crippen LogP contribution in [0.25, 0.3) is 0 Å². The number of anilines is 1. The number of hydrogen-bond acceptors (Lipinski definition) is 2. The normalized spacial score (nSPS) is 17.0. The molecule has 1 saturated heterocycles. The molecule has 18 heavy (non-hydrogen) atoms. The molecule has 1 heterocycles. The van der Waals surface area contributed by atoms with E-state index in [1.807, 2.05) is 18.2 Å². The minimum atomic E-state index is 0.228. The number of nitrogens with two attached hydrogens (primary N) is 1. The number of amidine groups is 1. The Hall–Kier alpha value is -0.930. The summed E-state index contributed by atoms with van der Waals surface area (Å²) in [6, 6.07) is 5.77. The van der Waals surface area contributed by atoms with E-state index in [2.05, 4.69) is 9.89 Å². The smallest absolute Gasteiger partial charge is 0.115 e. The van der Waals surface area contributed by atoms with Crippen LogP contribution in [0.4, 0.5) is 11.4 Å². The SMILES string of the molecule is NC(CCl)=Nc1ccc(N2CCCCC2)c(Cl)c1. The highest BCUT2D eigenvalue weighted by molar-refractivity contribution is 6.33. The molecule has 0 saturated carbocycles. The van der Waals surface area contributed by atoms with Gasteiger partial charge in [0.1, 0.15) is 5.84 Å². The number of aliphatic imine (C=N–C) groups is 1. The summed E-state index contributed by atoms with van der Waals surface area (Å²) in [6.45, 7) is 2.15. The highest BCUT2D eigenvalue weighted by Crippen LogP contribution is 2.31. The monoisotopic (exact) mass is 285 g/mol. The topological polar surface area (TPSA) is 41.6 Å².